The molecule has 2 fully saturated rings. The lowest BCUT2D eigenvalue weighted by Crippen LogP contribution is -3.27. The molecule has 0 amide bonds. The van der Waals surface area contributed by atoms with E-state index in [2.05, 4.69) is 18.2 Å². The van der Waals surface area contributed by atoms with Gasteiger partial charge in [0.2, 0.25) is 0 Å². The van der Waals surface area contributed by atoms with Crippen LogP contribution in [0.25, 0.3) is 0 Å². The maximum atomic E-state index is 5.56. The number of nitrogens with one attached hydrogen (secondary N) is 2. The molecule has 1 aromatic carbocycles. The van der Waals surface area contributed by atoms with Crippen LogP contribution < -0.4 is 19.3 Å². The monoisotopic (exact) mass is 344 g/mol. The molecule has 1 aromatic rings. The summed E-state index contributed by atoms with van der Waals surface area (Å²) < 4.78 is 10.9. The van der Waals surface area contributed by atoms with Crippen molar-refractivity contribution >= 4 is 0 Å². The van der Waals surface area contributed by atoms with E-state index in [1.54, 1.807) is 19.1 Å². The quantitative estimate of drug-likeness (QED) is 0.722. The highest BCUT2D eigenvalue weighted by atomic mass is 16.5. The first-order valence-electron chi connectivity index (χ1n) is 9.81. The van der Waals surface area contributed by atoms with E-state index in [0.29, 0.717) is 0 Å². The van der Waals surface area contributed by atoms with E-state index in [0.717, 1.165) is 35.8 Å². The van der Waals surface area contributed by atoms with E-state index >= 15 is 0 Å². The van der Waals surface area contributed by atoms with Crippen LogP contribution in [0.4, 0.5) is 0 Å². The Morgan fingerprint density at radius 1 is 0.960 bits per heavy atom. The molecule has 0 spiro atoms. The predicted octanol–water partition coefficient (Wildman–Crippen LogP) is 0.199. The van der Waals surface area contributed by atoms with Crippen LogP contribution in [-0.4, -0.2) is 46.9 Å². The molecule has 4 heteroatoms. The Balaban J connectivity index is 1.28. The second kappa shape index (κ2) is 7.38. The van der Waals surface area contributed by atoms with Gasteiger partial charge in [0.1, 0.15) is 44.2 Å². The molecule has 4 nitrogen and oxygen atoms in total. The molecule has 1 saturated carbocycles. The molecule has 0 unspecified atom stereocenters. The molecule has 1 heterocycles. The third-order valence-electron chi connectivity index (χ3n) is 6.57. The molecule has 2 bridgehead atoms. The normalized spacial score (nSPS) is 33.6. The van der Waals surface area contributed by atoms with Crippen LogP contribution in [0.2, 0.25) is 0 Å². The van der Waals surface area contributed by atoms with Crippen molar-refractivity contribution < 1.29 is 19.3 Å². The molecular weight excluding hydrogens is 312 g/mol. The summed E-state index contributed by atoms with van der Waals surface area (Å²) in [7, 11) is 3.45. The number of ether oxygens (including phenoxy) is 2. The number of quaternary nitrogens is 2. The summed E-state index contributed by atoms with van der Waals surface area (Å²) in [5.41, 5.74) is 1.29. The minimum absolute atomic E-state index is 0.866. The minimum atomic E-state index is 0.866. The number of hydrogen-bond acceptors (Lipinski definition) is 2. The van der Waals surface area contributed by atoms with Crippen LogP contribution in [0, 0.1) is 17.8 Å². The van der Waals surface area contributed by atoms with Crippen LogP contribution in [0.1, 0.15) is 18.4 Å². The molecule has 2 aliphatic carbocycles. The van der Waals surface area contributed by atoms with Crippen LogP contribution in [0.3, 0.4) is 0 Å². The Morgan fingerprint density at radius 3 is 2.40 bits per heavy atom. The summed E-state index contributed by atoms with van der Waals surface area (Å²) >= 11 is 0. The van der Waals surface area contributed by atoms with Gasteiger partial charge in [-0.05, 0) is 36.8 Å². The minimum Gasteiger partial charge on any atom is -0.497 e. The van der Waals surface area contributed by atoms with Crippen molar-refractivity contribution in [2.24, 2.45) is 17.8 Å². The Kier molecular flexibility index (Phi) is 5.00. The van der Waals surface area contributed by atoms with Gasteiger partial charge >= 0.3 is 0 Å². The molecule has 3 aliphatic rings. The zero-order valence-electron chi connectivity index (χ0n) is 15.6. The van der Waals surface area contributed by atoms with Crippen LogP contribution >= 0.6 is 0 Å². The Hall–Kier alpha value is -1.52. The molecular formula is C21H32N2O2+2. The maximum Gasteiger partial charge on any atom is 0.131 e. The first-order chi connectivity index (χ1) is 12.2. The van der Waals surface area contributed by atoms with Gasteiger partial charge in [-0.15, -0.1) is 0 Å². The molecule has 1 aliphatic heterocycles. The van der Waals surface area contributed by atoms with Gasteiger partial charge in [-0.1, -0.05) is 12.2 Å². The van der Waals surface area contributed by atoms with Gasteiger partial charge in [0.05, 0.1) is 20.8 Å². The highest BCUT2D eigenvalue weighted by molar-refractivity contribution is 5.40. The molecule has 0 radical (unpaired) electrons. The fourth-order valence-electron chi connectivity index (χ4n) is 5.11. The van der Waals surface area contributed by atoms with Gasteiger partial charge < -0.3 is 19.3 Å². The highest BCUT2D eigenvalue weighted by Crippen LogP contribution is 2.42. The summed E-state index contributed by atoms with van der Waals surface area (Å²) in [6.07, 6.45) is 7.84. The zero-order valence-corrected chi connectivity index (χ0v) is 15.6. The second-order valence-corrected chi connectivity index (χ2v) is 8.10. The number of piperazine rings is 1. The first-order valence-corrected chi connectivity index (χ1v) is 9.81. The molecule has 25 heavy (non-hydrogen) atoms. The van der Waals surface area contributed by atoms with Gasteiger partial charge in [-0.3, -0.25) is 0 Å². The van der Waals surface area contributed by atoms with E-state index in [1.165, 1.54) is 51.1 Å². The number of hydrogen-bond donors (Lipinski definition) is 2. The van der Waals surface area contributed by atoms with Gasteiger partial charge in [0.25, 0.3) is 0 Å². The van der Waals surface area contributed by atoms with E-state index < -0.39 is 0 Å². The number of benzene rings is 1. The smallest absolute Gasteiger partial charge is 0.131 e. The third kappa shape index (κ3) is 3.70. The molecule has 3 atom stereocenters. The first kappa shape index (κ1) is 16.9. The topological polar surface area (TPSA) is 27.3 Å². The summed E-state index contributed by atoms with van der Waals surface area (Å²) in [6, 6.07) is 6.20. The molecule has 4 rings (SSSR count). The number of rotatable bonds is 6. The van der Waals surface area contributed by atoms with Crippen molar-refractivity contribution in [3.63, 3.8) is 0 Å². The Morgan fingerprint density at radius 2 is 1.76 bits per heavy atom. The Bertz CT molecular complexity index is 622. The molecule has 136 valence electrons. The fraction of sp³-hybridized carbons (Fsp3) is 0.619. The van der Waals surface area contributed by atoms with E-state index in [9.17, 15) is 0 Å². The number of methoxy groups -OCH3 is 2. The average molecular weight is 344 g/mol. The molecule has 2 N–H and O–H groups in total. The largest absolute Gasteiger partial charge is 0.497 e. The summed E-state index contributed by atoms with van der Waals surface area (Å²) in [4.78, 5) is 3.51. The lowest BCUT2D eigenvalue weighted by Gasteiger charge is -2.32. The van der Waals surface area contributed by atoms with Gasteiger partial charge in [0, 0.05) is 17.5 Å². The van der Waals surface area contributed by atoms with Gasteiger partial charge in [-0.25, -0.2) is 0 Å². The van der Waals surface area contributed by atoms with Crippen molar-refractivity contribution in [2.75, 3.05) is 46.9 Å². The van der Waals surface area contributed by atoms with Crippen LogP contribution in [0.5, 0.6) is 11.5 Å². The lowest BCUT2D eigenvalue weighted by molar-refractivity contribution is -1.02. The molecule has 0 aromatic heterocycles. The number of fused-ring (bicyclic) bond motifs is 2. The van der Waals surface area contributed by atoms with Crippen molar-refractivity contribution in [3.8, 4) is 11.5 Å². The van der Waals surface area contributed by atoms with Crippen molar-refractivity contribution in [2.45, 2.75) is 19.4 Å². The van der Waals surface area contributed by atoms with Crippen LogP contribution in [0.15, 0.2) is 30.4 Å². The summed E-state index contributed by atoms with van der Waals surface area (Å²) in [5.74, 6) is 4.57. The number of allylic oxidation sites excluding steroid dienone is 2. The average Bonchev–Trinajstić information content (AvgIpc) is 3.26. The fourth-order valence-corrected chi connectivity index (χ4v) is 5.11. The molecule has 1 saturated heterocycles. The maximum absolute atomic E-state index is 5.56. The van der Waals surface area contributed by atoms with E-state index in [4.69, 9.17) is 9.47 Å². The second-order valence-electron chi connectivity index (χ2n) is 8.10. The SMILES string of the molecule is COc1ccc(C[NH+]2CC[NH+](C[C@@H]3C[C@H]4C=C[C@H]3C4)CC2)c(OC)c1. The summed E-state index contributed by atoms with van der Waals surface area (Å²) in [6.45, 7) is 7.60. The van der Waals surface area contributed by atoms with E-state index in [-0.39, 0.29) is 0 Å². The summed E-state index contributed by atoms with van der Waals surface area (Å²) in [5, 5.41) is 0. The highest BCUT2D eigenvalue weighted by Gasteiger charge is 2.38. The van der Waals surface area contributed by atoms with Gasteiger partial charge in [-0.2, -0.15) is 0 Å². The van der Waals surface area contributed by atoms with Crippen molar-refractivity contribution in [3.05, 3.63) is 35.9 Å². The van der Waals surface area contributed by atoms with Gasteiger partial charge in [0.15, 0.2) is 0 Å². The lowest BCUT2D eigenvalue weighted by atomic mass is 9.93. The van der Waals surface area contributed by atoms with E-state index in [1.807, 2.05) is 17.0 Å². The van der Waals surface area contributed by atoms with Crippen LogP contribution in [-0.2, 0) is 6.54 Å². The van der Waals surface area contributed by atoms with Crippen molar-refractivity contribution in [1.82, 2.24) is 0 Å². The Labute approximate surface area is 151 Å². The third-order valence-corrected chi connectivity index (χ3v) is 6.57. The standard InChI is InChI=1S/C21H30N2O2/c1-24-20-6-5-18(21(13-20)25-2)14-22-7-9-23(10-8-22)15-19-12-16-3-4-17(19)11-16/h3-6,13,16-17,19H,7-12,14-15H2,1-2H3/p+2/t16-,17-,19-/m0/s1. The van der Waals surface area contributed by atoms with Crippen molar-refractivity contribution in [1.29, 1.82) is 0 Å². The predicted molar refractivity (Wildman–Crippen MR) is 98.4 cm³/mol. The zero-order chi connectivity index (χ0) is 17.2.